The van der Waals surface area contributed by atoms with Crippen LogP contribution in [0.3, 0.4) is 0 Å². The molecule has 0 bridgehead atoms. The number of halogens is 1. The molecule has 0 aliphatic carbocycles. The van der Waals surface area contributed by atoms with Gasteiger partial charge in [-0.3, -0.25) is 4.79 Å². The fourth-order valence-corrected chi connectivity index (χ4v) is 2.31. The Morgan fingerprint density at radius 1 is 1.20 bits per heavy atom. The van der Waals surface area contributed by atoms with E-state index in [1.807, 2.05) is 0 Å². The predicted octanol–water partition coefficient (Wildman–Crippen LogP) is 2.70. The van der Waals surface area contributed by atoms with Crippen molar-refractivity contribution in [2.75, 3.05) is 20.8 Å². The number of methoxy groups -OCH3 is 2. The molecular weight excluding hydrogens is 392 g/mol. The van der Waals surface area contributed by atoms with Crippen LogP contribution < -0.4 is 19.6 Å². The van der Waals surface area contributed by atoms with Gasteiger partial charge in [0.2, 0.25) is 0 Å². The number of hydrazone groups is 1. The van der Waals surface area contributed by atoms with E-state index in [0.29, 0.717) is 27.3 Å². The zero-order valence-electron chi connectivity index (χ0n) is 13.7. The number of carbonyl (C=O) groups excluding carboxylic acids is 1. The van der Waals surface area contributed by atoms with E-state index in [0.717, 1.165) is 0 Å². The molecule has 132 valence electrons. The first-order chi connectivity index (χ1) is 12.0. The molecule has 0 unspecified atom stereocenters. The lowest BCUT2D eigenvalue weighted by Gasteiger charge is -2.08. The van der Waals surface area contributed by atoms with E-state index in [4.69, 9.17) is 14.2 Å². The largest absolute Gasteiger partial charge is 0.507 e. The minimum Gasteiger partial charge on any atom is -0.507 e. The third-order valence-electron chi connectivity index (χ3n) is 3.13. The van der Waals surface area contributed by atoms with Crippen LogP contribution >= 0.6 is 15.9 Å². The summed E-state index contributed by atoms with van der Waals surface area (Å²) in [6.45, 7) is -0.211. The van der Waals surface area contributed by atoms with Gasteiger partial charge in [-0.25, -0.2) is 5.43 Å². The Labute approximate surface area is 153 Å². The minimum atomic E-state index is -0.438. The SMILES string of the molecule is COc1ccc(/C=N\NC(=O)COc2ccc(OC)cc2Br)c(O)c1. The number of aromatic hydroxyl groups is 1. The summed E-state index contributed by atoms with van der Waals surface area (Å²) in [6.07, 6.45) is 1.33. The van der Waals surface area contributed by atoms with Crippen molar-refractivity contribution in [1.82, 2.24) is 5.43 Å². The number of hydrogen-bond acceptors (Lipinski definition) is 6. The molecule has 0 heterocycles. The van der Waals surface area contributed by atoms with Crippen molar-refractivity contribution in [3.05, 3.63) is 46.4 Å². The van der Waals surface area contributed by atoms with Crippen molar-refractivity contribution in [1.29, 1.82) is 0 Å². The fraction of sp³-hybridized carbons (Fsp3) is 0.176. The molecule has 0 aromatic heterocycles. The van der Waals surface area contributed by atoms with Gasteiger partial charge in [0.25, 0.3) is 5.91 Å². The van der Waals surface area contributed by atoms with Gasteiger partial charge in [0.15, 0.2) is 6.61 Å². The van der Waals surface area contributed by atoms with E-state index >= 15 is 0 Å². The van der Waals surface area contributed by atoms with Gasteiger partial charge in [-0.1, -0.05) is 0 Å². The van der Waals surface area contributed by atoms with Crippen LogP contribution in [-0.2, 0) is 4.79 Å². The number of ether oxygens (including phenoxy) is 3. The highest BCUT2D eigenvalue weighted by atomic mass is 79.9. The molecule has 0 aliphatic heterocycles. The lowest BCUT2D eigenvalue weighted by atomic mass is 10.2. The first kappa shape index (κ1) is 18.6. The number of nitrogens with one attached hydrogen (secondary N) is 1. The highest BCUT2D eigenvalue weighted by Gasteiger charge is 2.06. The van der Waals surface area contributed by atoms with Gasteiger partial charge in [0.05, 0.1) is 24.9 Å². The van der Waals surface area contributed by atoms with Crippen LogP contribution in [0.2, 0.25) is 0 Å². The summed E-state index contributed by atoms with van der Waals surface area (Å²) in [5, 5.41) is 13.6. The lowest BCUT2D eigenvalue weighted by Crippen LogP contribution is -2.24. The number of phenols is 1. The van der Waals surface area contributed by atoms with Gasteiger partial charge in [0, 0.05) is 11.6 Å². The second kappa shape index (κ2) is 8.93. The minimum absolute atomic E-state index is 0.00392. The standard InChI is InChI=1S/C17H17BrN2O5/c1-23-12-5-6-16(14(18)7-12)25-10-17(22)20-19-9-11-3-4-13(24-2)8-15(11)21/h3-9,21H,10H2,1-2H3,(H,20,22)/b19-9-. The Balaban J connectivity index is 1.86. The quantitative estimate of drug-likeness (QED) is 0.542. The second-order valence-electron chi connectivity index (χ2n) is 4.80. The highest BCUT2D eigenvalue weighted by Crippen LogP contribution is 2.29. The van der Waals surface area contributed by atoms with E-state index in [2.05, 4.69) is 26.5 Å². The molecule has 2 rings (SSSR count). The molecule has 7 nitrogen and oxygen atoms in total. The fourth-order valence-electron chi connectivity index (χ4n) is 1.83. The van der Waals surface area contributed by atoms with Crippen molar-refractivity contribution < 1.29 is 24.1 Å². The zero-order valence-corrected chi connectivity index (χ0v) is 15.2. The predicted molar refractivity (Wildman–Crippen MR) is 96.6 cm³/mol. The van der Waals surface area contributed by atoms with Gasteiger partial charge < -0.3 is 19.3 Å². The summed E-state index contributed by atoms with van der Waals surface area (Å²) in [5.41, 5.74) is 2.77. The maximum Gasteiger partial charge on any atom is 0.277 e. The number of nitrogens with zero attached hydrogens (tertiary/aromatic N) is 1. The molecule has 0 aliphatic rings. The Bertz CT molecular complexity index is 780. The zero-order chi connectivity index (χ0) is 18.2. The van der Waals surface area contributed by atoms with E-state index in [1.165, 1.54) is 19.4 Å². The molecule has 0 spiro atoms. The molecule has 0 saturated carbocycles. The van der Waals surface area contributed by atoms with Crippen LogP contribution in [0.1, 0.15) is 5.56 Å². The monoisotopic (exact) mass is 408 g/mol. The molecule has 0 fully saturated rings. The third kappa shape index (κ3) is 5.39. The van der Waals surface area contributed by atoms with Crippen LogP contribution in [-0.4, -0.2) is 38.1 Å². The number of hydrogen-bond donors (Lipinski definition) is 2. The number of rotatable bonds is 7. The molecule has 8 heteroatoms. The van der Waals surface area contributed by atoms with Crippen LogP contribution in [0.15, 0.2) is 46.0 Å². The second-order valence-corrected chi connectivity index (χ2v) is 5.66. The van der Waals surface area contributed by atoms with Crippen LogP contribution in [0.4, 0.5) is 0 Å². The van der Waals surface area contributed by atoms with Crippen molar-refractivity contribution in [3.63, 3.8) is 0 Å². The topological polar surface area (TPSA) is 89.4 Å². The Morgan fingerprint density at radius 3 is 2.52 bits per heavy atom. The van der Waals surface area contributed by atoms with Crippen molar-refractivity contribution in [3.8, 4) is 23.0 Å². The van der Waals surface area contributed by atoms with Crippen molar-refractivity contribution in [2.24, 2.45) is 5.10 Å². The van der Waals surface area contributed by atoms with Crippen LogP contribution in [0.25, 0.3) is 0 Å². The smallest absolute Gasteiger partial charge is 0.277 e. The molecule has 2 aromatic carbocycles. The summed E-state index contributed by atoms with van der Waals surface area (Å²) >= 11 is 3.34. The van der Waals surface area contributed by atoms with Gasteiger partial charge in [-0.2, -0.15) is 5.10 Å². The third-order valence-corrected chi connectivity index (χ3v) is 3.75. The Kier molecular flexibility index (Phi) is 6.64. The molecule has 0 atom stereocenters. The average molecular weight is 409 g/mol. The number of phenolic OH excluding ortho intramolecular Hbond substituents is 1. The van der Waals surface area contributed by atoms with Gasteiger partial charge in [-0.15, -0.1) is 0 Å². The molecular formula is C17H17BrN2O5. The highest BCUT2D eigenvalue weighted by molar-refractivity contribution is 9.10. The van der Waals surface area contributed by atoms with Crippen LogP contribution in [0.5, 0.6) is 23.0 Å². The van der Waals surface area contributed by atoms with E-state index in [9.17, 15) is 9.90 Å². The number of carbonyl (C=O) groups is 1. The lowest BCUT2D eigenvalue weighted by molar-refractivity contribution is -0.123. The normalized spacial score (nSPS) is 10.5. The first-order valence-electron chi connectivity index (χ1n) is 7.18. The summed E-state index contributed by atoms with van der Waals surface area (Å²) in [5.74, 6) is 1.26. The van der Waals surface area contributed by atoms with Crippen LogP contribution in [0, 0.1) is 0 Å². The number of benzene rings is 2. The molecule has 0 radical (unpaired) electrons. The first-order valence-corrected chi connectivity index (χ1v) is 7.98. The molecule has 1 amide bonds. The van der Waals surface area contributed by atoms with Crippen molar-refractivity contribution in [2.45, 2.75) is 0 Å². The maximum absolute atomic E-state index is 11.8. The van der Waals surface area contributed by atoms with Crippen molar-refractivity contribution >= 4 is 28.1 Å². The summed E-state index contributed by atoms with van der Waals surface area (Å²) in [7, 11) is 3.07. The van der Waals surface area contributed by atoms with E-state index in [-0.39, 0.29) is 12.4 Å². The molecule has 2 N–H and O–H groups in total. The average Bonchev–Trinajstić information content (AvgIpc) is 2.61. The van der Waals surface area contributed by atoms with E-state index in [1.54, 1.807) is 37.4 Å². The number of amides is 1. The van der Waals surface area contributed by atoms with Gasteiger partial charge in [-0.05, 0) is 46.3 Å². The Hall–Kier alpha value is -2.74. The summed E-state index contributed by atoms with van der Waals surface area (Å²) < 4.78 is 16.1. The molecule has 25 heavy (non-hydrogen) atoms. The van der Waals surface area contributed by atoms with Gasteiger partial charge in [0.1, 0.15) is 23.0 Å². The van der Waals surface area contributed by atoms with E-state index < -0.39 is 5.91 Å². The summed E-state index contributed by atoms with van der Waals surface area (Å²) in [6, 6.07) is 9.89. The Morgan fingerprint density at radius 2 is 1.88 bits per heavy atom. The molecule has 0 saturated heterocycles. The maximum atomic E-state index is 11.8. The molecule has 2 aromatic rings. The summed E-state index contributed by atoms with van der Waals surface area (Å²) in [4.78, 5) is 11.8. The van der Waals surface area contributed by atoms with Gasteiger partial charge >= 0.3 is 0 Å².